The van der Waals surface area contributed by atoms with Gasteiger partial charge >= 0.3 is 36.0 Å². The maximum atomic E-state index is 13.8. The molecule has 0 amide bonds. The topological polar surface area (TPSA) is 74.3 Å². The van der Waals surface area contributed by atoms with Gasteiger partial charge in [-0.15, -0.1) is 0 Å². The molecule has 2 aromatic heterocycles. The molecule has 0 radical (unpaired) electrons. The molecule has 0 aliphatic carbocycles. The number of alkyl halides is 12. The average molecular weight is 565 g/mol. The highest BCUT2D eigenvalue weighted by molar-refractivity contribution is 6.32. The van der Waals surface area contributed by atoms with Crippen LogP contribution in [0.25, 0.3) is 0 Å². The Bertz CT molecular complexity index is 1100. The van der Waals surface area contributed by atoms with Gasteiger partial charge in [-0.25, -0.2) is 13.8 Å². The second-order valence-corrected chi connectivity index (χ2v) is 7.09. The minimum atomic E-state index is -7.69. The Hall–Kier alpha value is -3.05. The molecular weight excluding hydrogens is 556 g/mol. The number of pyridine rings is 1. The maximum Gasteiger partial charge on any atom is 0.384 e. The minimum absolute atomic E-state index is 0.422. The van der Waals surface area contributed by atoms with Crippen LogP contribution in [0.1, 0.15) is 5.56 Å². The van der Waals surface area contributed by atoms with Gasteiger partial charge in [-0.1, -0.05) is 16.3 Å². The van der Waals surface area contributed by atoms with Crippen molar-refractivity contribution in [1.82, 2.24) is 9.97 Å². The monoisotopic (exact) mass is 564 g/mol. The normalized spacial score (nSPS) is 14.3. The molecule has 2 rings (SSSR count). The van der Waals surface area contributed by atoms with Crippen molar-refractivity contribution in [3.63, 3.8) is 0 Å². The van der Waals surface area contributed by atoms with Crippen LogP contribution in [0.15, 0.2) is 42.2 Å². The fraction of sp³-hybridized carbons (Fsp3) is 0.412. The van der Waals surface area contributed by atoms with E-state index in [4.69, 9.17) is 11.6 Å². The third-order valence-electron chi connectivity index (χ3n) is 4.20. The van der Waals surface area contributed by atoms with Crippen LogP contribution in [0.4, 0.5) is 52.7 Å². The number of hydrogen-bond donors (Lipinski definition) is 0. The van der Waals surface area contributed by atoms with Gasteiger partial charge in [0.2, 0.25) is 18.3 Å². The Kier molecular flexibility index (Phi) is 7.93. The zero-order chi connectivity index (χ0) is 27.7. The Morgan fingerprint density at radius 3 is 2.03 bits per heavy atom. The molecule has 0 spiro atoms. The summed E-state index contributed by atoms with van der Waals surface area (Å²) < 4.78 is 163. The van der Waals surface area contributed by atoms with Crippen LogP contribution in [0.5, 0.6) is 5.88 Å². The molecule has 36 heavy (non-hydrogen) atoms. The Balaban J connectivity index is 2.27. The van der Waals surface area contributed by atoms with Gasteiger partial charge < -0.3 is 9.84 Å². The van der Waals surface area contributed by atoms with E-state index >= 15 is 0 Å². The number of ether oxygens (including phenoxy) is 1. The van der Waals surface area contributed by atoms with Gasteiger partial charge in [0.1, 0.15) is 5.02 Å². The molecule has 0 bridgehead atoms. The van der Waals surface area contributed by atoms with Gasteiger partial charge in [-0.3, -0.25) is 4.98 Å². The largest absolute Gasteiger partial charge is 0.854 e. The van der Waals surface area contributed by atoms with Crippen LogP contribution in [-0.2, 0) is 0 Å². The summed E-state index contributed by atoms with van der Waals surface area (Å²) in [5.74, 6) is -38.3. The molecule has 0 aliphatic heterocycles. The Morgan fingerprint density at radius 1 is 0.972 bits per heavy atom. The van der Waals surface area contributed by atoms with Crippen molar-refractivity contribution in [3.8, 4) is 5.88 Å². The predicted molar refractivity (Wildman–Crippen MR) is 91.8 cm³/mol. The second-order valence-electron chi connectivity index (χ2n) is 6.68. The molecule has 2 aromatic rings. The summed E-state index contributed by atoms with van der Waals surface area (Å²) in [6, 6.07) is 0.666. The lowest BCUT2D eigenvalue weighted by molar-refractivity contribution is -0.682. The lowest BCUT2D eigenvalue weighted by Crippen LogP contribution is -2.69. The van der Waals surface area contributed by atoms with Crippen molar-refractivity contribution < 1.29 is 67.2 Å². The number of nitrogens with zero attached hydrogens (tertiary/aromatic N) is 4. The molecule has 6 nitrogen and oxygen atoms in total. The third-order valence-corrected chi connectivity index (χ3v) is 4.47. The van der Waals surface area contributed by atoms with E-state index in [0.29, 0.717) is 12.3 Å². The van der Waals surface area contributed by atoms with E-state index < -0.39 is 65.0 Å². The molecule has 0 unspecified atom stereocenters. The number of rotatable bonds is 10. The SMILES string of the molecule is [O-]/C(=N\[n+]1ccncc1)c1cnc(OCC(F)(F)C(F)(F)C(F)(F)C(F)(F)C(F)(F)C(F)F)c(Cl)c1. The summed E-state index contributed by atoms with van der Waals surface area (Å²) in [6.45, 7) is -2.90. The molecule has 0 saturated heterocycles. The van der Waals surface area contributed by atoms with Crippen molar-refractivity contribution in [3.05, 3.63) is 47.6 Å². The van der Waals surface area contributed by atoms with E-state index in [-0.39, 0.29) is 0 Å². The summed E-state index contributed by atoms with van der Waals surface area (Å²) in [5, 5.41) is 14.7. The summed E-state index contributed by atoms with van der Waals surface area (Å²) in [7, 11) is 0. The van der Waals surface area contributed by atoms with Gasteiger partial charge in [0, 0.05) is 11.8 Å². The molecule has 0 N–H and O–H groups in total. The first-order valence-electron chi connectivity index (χ1n) is 8.83. The molecule has 0 atom stereocenters. The van der Waals surface area contributed by atoms with E-state index in [0.717, 1.165) is 4.68 Å². The lowest BCUT2D eigenvalue weighted by atomic mass is 9.94. The summed E-state index contributed by atoms with van der Waals surface area (Å²) in [5.41, 5.74) is -0.422. The molecular formula is C17H9ClF12N4O2. The quantitative estimate of drug-likeness (QED) is 0.190. The van der Waals surface area contributed by atoms with Crippen molar-refractivity contribution in [2.75, 3.05) is 6.61 Å². The fourth-order valence-corrected chi connectivity index (χ4v) is 2.43. The van der Waals surface area contributed by atoms with E-state index in [1.54, 1.807) is 0 Å². The number of halogens is 13. The second kappa shape index (κ2) is 9.78. The zero-order valence-corrected chi connectivity index (χ0v) is 17.5. The first kappa shape index (κ1) is 29.2. The van der Waals surface area contributed by atoms with Crippen molar-refractivity contribution in [2.45, 2.75) is 36.0 Å². The molecule has 2 heterocycles. The average Bonchev–Trinajstić information content (AvgIpc) is 2.78. The van der Waals surface area contributed by atoms with Gasteiger partial charge in [-0.2, -0.15) is 43.9 Å². The Morgan fingerprint density at radius 2 is 1.53 bits per heavy atom. The molecule has 19 heteroatoms. The summed E-state index contributed by atoms with van der Waals surface area (Å²) in [6.07, 6.45) is -0.109. The molecule has 0 aliphatic rings. The third kappa shape index (κ3) is 5.08. The lowest BCUT2D eigenvalue weighted by Gasteiger charge is -2.38. The minimum Gasteiger partial charge on any atom is -0.854 e. The fourth-order valence-electron chi connectivity index (χ4n) is 2.21. The highest BCUT2D eigenvalue weighted by Crippen LogP contribution is 2.58. The van der Waals surface area contributed by atoms with Gasteiger partial charge in [-0.05, 0) is 11.2 Å². The van der Waals surface area contributed by atoms with Crippen LogP contribution in [0, 0.1) is 0 Å². The van der Waals surface area contributed by atoms with Crippen LogP contribution in [0.2, 0.25) is 5.02 Å². The molecule has 200 valence electrons. The smallest absolute Gasteiger partial charge is 0.384 e. The van der Waals surface area contributed by atoms with Gasteiger partial charge in [0.15, 0.2) is 6.61 Å². The number of aromatic nitrogens is 3. The highest BCUT2D eigenvalue weighted by Gasteiger charge is 2.87. The Labute approximate surface area is 196 Å². The standard InChI is InChI=1S/C17H9ClF12N4O2/c18-9-5-8(10(35)33-34-3-1-31-2-4-34)6-32-11(9)36-7-13(21,22)15(25,26)17(29,30)16(27,28)14(23,24)12(19)20/h1-6,12H,7H2. The van der Waals surface area contributed by atoms with Gasteiger partial charge in [0.05, 0.1) is 18.3 Å². The van der Waals surface area contributed by atoms with Crippen LogP contribution >= 0.6 is 11.6 Å². The highest BCUT2D eigenvalue weighted by atomic mass is 35.5. The van der Waals surface area contributed by atoms with Crippen LogP contribution in [-0.4, -0.2) is 58.5 Å². The first-order chi connectivity index (χ1) is 16.3. The van der Waals surface area contributed by atoms with Crippen molar-refractivity contribution >= 4 is 17.5 Å². The van der Waals surface area contributed by atoms with Crippen LogP contribution in [0.3, 0.4) is 0 Å². The van der Waals surface area contributed by atoms with Crippen molar-refractivity contribution in [1.29, 1.82) is 0 Å². The molecule has 0 saturated carbocycles. The zero-order valence-electron chi connectivity index (χ0n) is 16.8. The maximum absolute atomic E-state index is 13.8. The van der Waals surface area contributed by atoms with Crippen molar-refractivity contribution in [2.24, 2.45) is 5.10 Å². The number of hydrogen-bond acceptors (Lipinski definition) is 5. The predicted octanol–water partition coefficient (Wildman–Crippen LogP) is 3.81. The van der Waals surface area contributed by atoms with Crippen LogP contribution < -0.4 is 14.5 Å². The van der Waals surface area contributed by atoms with Gasteiger partial charge in [0.25, 0.3) is 0 Å². The van der Waals surface area contributed by atoms with E-state index in [2.05, 4.69) is 19.8 Å². The first-order valence-corrected chi connectivity index (χ1v) is 9.20. The van der Waals surface area contributed by atoms with E-state index in [9.17, 15) is 57.8 Å². The molecule has 0 aromatic carbocycles. The summed E-state index contributed by atoms with van der Waals surface area (Å²) in [4.78, 5) is 6.85. The van der Waals surface area contributed by atoms with E-state index in [1.807, 2.05) is 0 Å². The molecule has 0 fully saturated rings. The van der Waals surface area contributed by atoms with E-state index in [1.165, 1.54) is 24.8 Å². The summed E-state index contributed by atoms with van der Waals surface area (Å²) >= 11 is 5.60.